The van der Waals surface area contributed by atoms with E-state index in [0.29, 0.717) is 5.65 Å². The molecule has 5 rings (SSSR count). The fourth-order valence-corrected chi connectivity index (χ4v) is 4.26. The molecule has 4 heterocycles. The summed E-state index contributed by atoms with van der Waals surface area (Å²) in [5, 5.41) is 0.232. The number of imidazole rings is 1. The molecule has 0 saturated carbocycles. The van der Waals surface area contributed by atoms with Crippen LogP contribution in [-0.2, 0) is 4.79 Å². The molecule has 1 aliphatic rings. The summed E-state index contributed by atoms with van der Waals surface area (Å²) >= 11 is 6.11. The largest absolute Gasteiger partial charge is 0.491 e. The van der Waals surface area contributed by atoms with Gasteiger partial charge in [0.2, 0.25) is 0 Å². The lowest BCUT2D eigenvalue weighted by molar-refractivity contribution is -0.190. The Balaban J connectivity index is 1.49. The van der Waals surface area contributed by atoms with E-state index >= 15 is 0 Å². The number of hydrogen-bond acceptors (Lipinski definition) is 6. The second kappa shape index (κ2) is 9.39. The van der Waals surface area contributed by atoms with Crippen LogP contribution in [0.2, 0.25) is 5.02 Å². The zero-order valence-corrected chi connectivity index (χ0v) is 19.8. The van der Waals surface area contributed by atoms with Crippen LogP contribution in [0.4, 0.5) is 22.0 Å². The van der Waals surface area contributed by atoms with Gasteiger partial charge in [0.25, 0.3) is 17.7 Å². The highest BCUT2D eigenvalue weighted by Crippen LogP contribution is 2.38. The number of ether oxygens (including phenoxy) is 2. The Morgan fingerprint density at radius 2 is 1.92 bits per heavy atom. The first-order valence-corrected chi connectivity index (χ1v) is 11.5. The fourth-order valence-electron chi connectivity index (χ4n) is 4.04. The average Bonchev–Trinajstić information content (AvgIpc) is 3.34. The molecule has 4 aromatic rings. The second-order valence-electron chi connectivity index (χ2n) is 8.44. The van der Waals surface area contributed by atoms with Crippen LogP contribution in [0, 0.1) is 0 Å². The number of para-hydroxylation sites is 1. The van der Waals surface area contributed by atoms with Crippen LogP contribution in [0.1, 0.15) is 16.8 Å². The van der Waals surface area contributed by atoms with Crippen LogP contribution >= 0.6 is 11.6 Å². The molecule has 0 radical (unpaired) electrons. The molecule has 0 aliphatic carbocycles. The molecule has 198 valence electrons. The van der Waals surface area contributed by atoms with Crippen molar-refractivity contribution in [2.45, 2.75) is 24.6 Å². The summed E-state index contributed by atoms with van der Waals surface area (Å²) < 4.78 is 80.0. The first kappa shape index (κ1) is 25.6. The molecule has 1 amide bonds. The molecule has 1 saturated heterocycles. The lowest BCUT2D eigenvalue weighted by Crippen LogP contribution is -2.55. The third-order valence-corrected chi connectivity index (χ3v) is 6.23. The predicted octanol–water partition coefficient (Wildman–Crippen LogP) is 4.93. The normalized spacial score (nSPS) is 17.5. The van der Waals surface area contributed by atoms with Crippen LogP contribution in [0.5, 0.6) is 11.6 Å². The third-order valence-electron chi connectivity index (χ3n) is 5.93. The van der Waals surface area contributed by atoms with Gasteiger partial charge in [-0.25, -0.2) is 23.5 Å². The Hall–Kier alpha value is -4.00. The average molecular weight is 555 g/mol. The number of fused-ring (bicyclic) bond motifs is 2. The van der Waals surface area contributed by atoms with E-state index in [4.69, 9.17) is 16.3 Å². The maximum absolute atomic E-state index is 15.0. The number of alkyl halides is 5. The quantitative estimate of drug-likeness (QED) is 0.263. The van der Waals surface area contributed by atoms with Crippen LogP contribution in [-0.4, -0.2) is 62.4 Å². The summed E-state index contributed by atoms with van der Waals surface area (Å²) in [6.07, 6.45) is -3.45. The summed E-state index contributed by atoms with van der Waals surface area (Å²) in [5.74, 6) is -8.32. The molecule has 8 nitrogen and oxygen atoms in total. The molecule has 1 aromatic carbocycles. The van der Waals surface area contributed by atoms with Gasteiger partial charge in [-0.3, -0.25) is 4.79 Å². The highest BCUT2D eigenvalue weighted by atomic mass is 35.5. The SMILES string of the molecule is O=C(c1cccn2ccnc12)N1CCC(F)(F)[C@@H](Oc2nc3c(Cl)cccc3cc2OC(=O)C(F)(F)F)C1. The molecule has 14 heteroatoms. The number of amides is 1. The van der Waals surface area contributed by atoms with Crippen molar-refractivity contribution >= 4 is 40.0 Å². The monoisotopic (exact) mass is 554 g/mol. The maximum Gasteiger partial charge on any atom is 0.491 e. The van der Waals surface area contributed by atoms with Gasteiger partial charge in [0.15, 0.2) is 11.9 Å². The van der Waals surface area contributed by atoms with Crippen LogP contribution < -0.4 is 9.47 Å². The topological polar surface area (TPSA) is 86.0 Å². The molecule has 0 spiro atoms. The number of esters is 1. The Labute approximate surface area is 215 Å². The van der Waals surface area contributed by atoms with Gasteiger partial charge in [-0.2, -0.15) is 13.2 Å². The zero-order valence-electron chi connectivity index (χ0n) is 19.1. The van der Waals surface area contributed by atoms with E-state index < -0.39 is 54.7 Å². The molecule has 1 aliphatic heterocycles. The van der Waals surface area contributed by atoms with Gasteiger partial charge in [0.1, 0.15) is 5.65 Å². The molecule has 0 unspecified atom stereocenters. The van der Waals surface area contributed by atoms with Gasteiger partial charge in [-0.1, -0.05) is 23.7 Å². The number of carbonyl (C=O) groups is 2. The first-order chi connectivity index (χ1) is 17.9. The van der Waals surface area contributed by atoms with Crippen LogP contribution in [0.3, 0.4) is 0 Å². The van der Waals surface area contributed by atoms with Crippen molar-refractivity contribution in [2.24, 2.45) is 0 Å². The number of aromatic nitrogens is 3. The minimum atomic E-state index is -5.37. The fraction of sp³-hybridized carbons (Fsp3) is 0.250. The van der Waals surface area contributed by atoms with Crippen molar-refractivity contribution < 1.29 is 41.0 Å². The minimum absolute atomic E-state index is 0.0222. The number of nitrogens with zero attached hydrogens (tertiary/aromatic N) is 4. The van der Waals surface area contributed by atoms with Crippen molar-refractivity contribution in [3.05, 3.63) is 65.6 Å². The number of halogens is 6. The number of likely N-dealkylation sites (tertiary alicyclic amines) is 1. The summed E-state index contributed by atoms with van der Waals surface area (Å²) in [5.41, 5.74) is 0.505. The van der Waals surface area contributed by atoms with Gasteiger partial charge in [-0.15, -0.1) is 0 Å². The maximum atomic E-state index is 15.0. The Morgan fingerprint density at radius 1 is 1.13 bits per heavy atom. The lowest BCUT2D eigenvalue weighted by atomic mass is 10.0. The van der Waals surface area contributed by atoms with Gasteiger partial charge >= 0.3 is 12.1 Å². The molecule has 1 fully saturated rings. The van der Waals surface area contributed by atoms with Crippen molar-refractivity contribution in [1.29, 1.82) is 0 Å². The van der Waals surface area contributed by atoms with Gasteiger partial charge in [0.05, 0.1) is 22.6 Å². The second-order valence-corrected chi connectivity index (χ2v) is 8.85. The smallest absolute Gasteiger partial charge is 0.463 e. The summed E-state index contributed by atoms with van der Waals surface area (Å²) in [4.78, 5) is 34.0. The molecule has 0 N–H and O–H groups in total. The van der Waals surface area contributed by atoms with E-state index in [1.54, 1.807) is 22.9 Å². The molecule has 38 heavy (non-hydrogen) atoms. The van der Waals surface area contributed by atoms with Crippen molar-refractivity contribution in [2.75, 3.05) is 13.1 Å². The zero-order chi connectivity index (χ0) is 27.2. The highest BCUT2D eigenvalue weighted by Gasteiger charge is 2.48. The number of rotatable bonds is 4. The summed E-state index contributed by atoms with van der Waals surface area (Å²) in [7, 11) is 0. The summed E-state index contributed by atoms with van der Waals surface area (Å²) in [6.45, 7) is -0.956. The third kappa shape index (κ3) is 4.80. The Kier molecular flexibility index (Phi) is 6.33. The van der Waals surface area contributed by atoms with E-state index in [1.807, 2.05) is 0 Å². The van der Waals surface area contributed by atoms with Crippen molar-refractivity contribution in [1.82, 2.24) is 19.3 Å². The van der Waals surface area contributed by atoms with E-state index in [1.165, 1.54) is 30.5 Å². The van der Waals surface area contributed by atoms with Gasteiger partial charge < -0.3 is 18.8 Å². The van der Waals surface area contributed by atoms with Crippen molar-refractivity contribution in [3.8, 4) is 11.6 Å². The van der Waals surface area contributed by atoms with Gasteiger partial charge in [-0.05, 0) is 24.3 Å². The molecular formula is C24H16ClF5N4O4. The number of hydrogen-bond donors (Lipinski definition) is 0. The number of pyridine rings is 2. The number of piperidine rings is 1. The number of carbonyl (C=O) groups excluding carboxylic acids is 2. The minimum Gasteiger partial charge on any atom is -0.463 e. The summed E-state index contributed by atoms with van der Waals surface area (Å²) in [6, 6.07) is 8.40. The lowest BCUT2D eigenvalue weighted by Gasteiger charge is -2.38. The van der Waals surface area contributed by atoms with Gasteiger partial charge in [0, 0.05) is 36.9 Å². The van der Waals surface area contributed by atoms with E-state index in [0.717, 1.165) is 11.0 Å². The van der Waals surface area contributed by atoms with E-state index in [9.17, 15) is 31.5 Å². The molecule has 0 bridgehead atoms. The Morgan fingerprint density at radius 3 is 2.68 bits per heavy atom. The van der Waals surface area contributed by atoms with Crippen molar-refractivity contribution in [3.63, 3.8) is 0 Å². The highest BCUT2D eigenvalue weighted by molar-refractivity contribution is 6.35. The molecular weight excluding hydrogens is 539 g/mol. The van der Waals surface area contributed by atoms with E-state index in [2.05, 4.69) is 14.7 Å². The molecule has 3 aromatic heterocycles. The Bertz CT molecular complexity index is 1560. The number of benzene rings is 1. The van der Waals surface area contributed by atoms with Crippen LogP contribution in [0.15, 0.2) is 55.0 Å². The predicted molar refractivity (Wildman–Crippen MR) is 124 cm³/mol. The van der Waals surface area contributed by atoms with Crippen LogP contribution in [0.25, 0.3) is 16.6 Å². The first-order valence-electron chi connectivity index (χ1n) is 11.1. The van der Waals surface area contributed by atoms with E-state index in [-0.39, 0.29) is 28.0 Å². The standard InChI is InChI=1S/C24H16ClF5N4O4/c25-15-5-1-3-13-11-16(37-22(36)24(28,29)30)20(32-18(13)15)38-17-12-34(9-6-23(17,26)27)21(35)14-4-2-8-33-10-7-31-19(14)33/h1-5,7-8,10-11,17H,6,9,12H2/t17-/m0/s1. The molecule has 1 atom stereocenters.